The molecular weight excluding hydrogens is 324 g/mol. The number of rotatable bonds is 2. The van der Waals surface area contributed by atoms with Gasteiger partial charge in [-0.1, -0.05) is 97.1 Å². The first kappa shape index (κ1) is 14.8. The van der Waals surface area contributed by atoms with Crippen LogP contribution in [0.15, 0.2) is 97.1 Å². The number of benzene rings is 6. The standard InChI is InChI=1S/C27H18/c1-2-10-24-18(5-1)6-3-9-22(24)17-23-14-13-21-12-11-19-7-4-8-20-15-16-25(23)27(21)26(19)20/h1-16H,17H2. The summed E-state index contributed by atoms with van der Waals surface area (Å²) >= 11 is 0. The van der Waals surface area contributed by atoms with Crippen molar-refractivity contribution in [2.45, 2.75) is 6.42 Å². The highest BCUT2D eigenvalue weighted by atomic mass is 14.1. The molecule has 6 aromatic rings. The van der Waals surface area contributed by atoms with Crippen molar-refractivity contribution in [3.63, 3.8) is 0 Å². The summed E-state index contributed by atoms with van der Waals surface area (Å²) in [5, 5.41) is 10.8. The van der Waals surface area contributed by atoms with Crippen LogP contribution in [0.4, 0.5) is 0 Å². The maximum absolute atomic E-state index is 2.31. The fourth-order valence-electron chi connectivity index (χ4n) is 4.60. The predicted octanol–water partition coefficient (Wildman–Crippen LogP) is 7.33. The quantitative estimate of drug-likeness (QED) is 0.289. The van der Waals surface area contributed by atoms with Crippen LogP contribution in [0.2, 0.25) is 0 Å². The average Bonchev–Trinajstić information content (AvgIpc) is 2.73. The monoisotopic (exact) mass is 342 g/mol. The summed E-state index contributed by atoms with van der Waals surface area (Å²) in [6.07, 6.45) is 0.954. The molecule has 0 aromatic heterocycles. The van der Waals surface area contributed by atoms with Crippen molar-refractivity contribution in [3.8, 4) is 0 Å². The normalized spacial score (nSPS) is 11.9. The van der Waals surface area contributed by atoms with Crippen LogP contribution in [0.25, 0.3) is 43.1 Å². The van der Waals surface area contributed by atoms with Crippen LogP contribution in [0.3, 0.4) is 0 Å². The molecule has 0 unspecified atom stereocenters. The fraction of sp³-hybridized carbons (Fsp3) is 0.0370. The summed E-state index contributed by atoms with van der Waals surface area (Å²) in [6, 6.07) is 35.6. The summed E-state index contributed by atoms with van der Waals surface area (Å²) in [7, 11) is 0. The molecule has 0 fully saturated rings. The van der Waals surface area contributed by atoms with E-state index in [4.69, 9.17) is 0 Å². The van der Waals surface area contributed by atoms with Gasteiger partial charge in [-0.15, -0.1) is 0 Å². The van der Waals surface area contributed by atoms with Gasteiger partial charge in [0.25, 0.3) is 0 Å². The minimum absolute atomic E-state index is 0.954. The largest absolute Gasteiger partial charge is 0.0616 e. The molecule has 0 saturated heterocycles. The van der Waals surface area contributed by atoms with Gasteiger partial charge in [-0.05, 0) is 60.6 Å². The number of hydrogen-bond donors (Lipinski definition) is 0. The van der Waals surface area contributed by atoms with E-state index in [9.17, 15) is 0 Å². The van der Waals surface area contributed by atoms with Gasteiger partial charge in [0.1, 0.15) is 0 Å². The molecule has 6 rings (SSSR count). The zero-order chi connectivity index (χ0) is 17.8. The Kier molecular flexibility index (Phi) is 3.04. The molecule has 0 bridgehead atoms. The van der Waals surface area contributed by atoms with E-state index in [1.54, 1.807) is 0 Å². The third-order valence-electron chi connectivity index (χ3n) is 5.88. The third-order valence-corrected chi connectivity index (χ3v) is 5.88. The molecule has 0 amide bonds. The first-order valence-corrected chi connectivity index (χ1v) is 9.50. The Morgan fingerprint density at radius 2 is 0.963 bits per heavy atom. The first-order chi connectivity index (χ1) is 13.4. The van der Waals surface area contributed by atoms with Crippen molar-refractivity contribution in [3.05, 3.63) is 108 Å². The van der Waals surface area contributed by atoms with Crippen molar-refractivity contribution in [1.29, 1.82) is 0 Å². The van der Waals surface area contributed by atoms with Crippen molar-refractivity contribution in [1.82, 2.24) is 0 Å². The second kappa shape index (κ2) is 5.56. The Balaban J connectivity index is 1.64. The van der Waals surface area contributed by atoms with Crippen LogP contribution >= 0.6 is 0 Å². The molecule has 126 valence electrons. The molecule has 6 aromatic carbocycles. The highest BCUT2D eigenvalue weighted by Crippen LogP contribution is 2.36. The van der Waals surface area contributed by atoms with E-state index in [-0.39, 0.29) is 0 Å². The summed E-state index contributed by atoms with van der Waals surface area (Å²) in [5.41, 5.74) is 2.79. The topological polar surface area (TPSA) is 0 Å². The van der Waals surface area contributed by atoms with E-state index < -0.39 is 0 Å². The molecule has 0 radical (unpaired) electrons. The van der Waals surface area contributed by atoms with E-state index in [0.29, 0.717) is 0 Å². The van der Waals surface area contributed by atoms with Gasteiger partial charge in [-0.3, -0.25) is 0 Å². The first-order valence-electron chi connectivity index (χ1n) is 9.50. The predicted molar refractivity (Wildman–Crippen MR) is 117 cm³/mol. The molecule has 0 aliphatic carbocycles. The van der Waals surface area contributed by atoms with Crippen LogP contribution in [0.1, 0.15) is 11.1 Å². The Hall–Kier alpha value is -3.38. The van der Waals surface area contributed by atoms with Gasteiger partial charge in [0.2, 0.25) is 0 Å². The molecule has 0 heteroatoms. The maximum Gasteiger partial charge on any atom is -0.00134 e. The lowest BCUT2D eigenvalue weighted by atomic mass is 9.89. The van der Waals surface area contributed by atoms with E-state index >= 15 is 0 Å². The van der Waals surface area contributed by atoms with Crippen LogP contribution in [0, 0.1) is 0 Å². The van der Waals surface area contributed by atoms with Gasteiger partial charge in [-0.25, -0.2) is 0 Å². The minimum atomic E-state index is 0.954. The van der Waals surface area contributed by atoms with Crippen LogP contribution in [-0.2, 0) is 6.42 Å². The molecule has 0 aliphatic rings. The lowest BCUT2D eigenvalue weighted by Gasteiger charge is -2.14. The lowest BCUT2D eigenvalue weighted by Crippen LogP contribution is -1.93. The van der Waals surface area contributed by atoms with Gasteiger partial charge in [0.05, 0.1) is 0 Å². The highest BCUT2D eigenvalue weighted by molar-refractivity contribution is 6.23. The van der Waals surface area contributed by atoms with Crippen molar-refractivity contribution in [2.75, 3.05) is 0 Å². The van der Waals surface area contributed by atoms with E-state index in [1.165, 1.54) is 54.2 Å². The van der Waals surface area contributed by atoms with Crippen molar-refractivity contribution in [2.24, 2.45) is 0 Å². The summed E-state index contributed by atoms with van der Waals surface area (Å²) in [6.45, 7) is 0. The van der Waals surface area contributed by atoms with Crippen LogP contribution in [0.5, 0.6) is 0 Å². The van der Waals surface area contributed by atoms with Gasteiger partial charge < -0.3 is 0 Å². The smallest absolute Gasteiger partial charge is 0.00134 e. The number of fused-ring (bicyclic) bond motifs is 1. The summed E-state index contributed by atoms with van der Waals surface area (Å²) in [5.74, 6) is 0. The maximum atomic E-state index is 2.31. The lowest BCUT2D eigenvalue weighted by molar-refractivity contribution is 1.24. The summed E-state index contributed by atoms with van der Waals surface area (Å²) < 4.78 is 0. The average molecular weight is 342 g/mol. The minimum Gasteiger partial charge on any atom is -0.0616 e. The molecule has 27 heavy (non-hydrogen) atoms. The third kappa shape index (κ3) is 2.17. The SMILES string of the molecule is c1ccc2c(Cc3ccc4ccc5cccc6ccc3c4c56)cccc2c1. The highest BCUT2D eigenvalue weighted by Gasteiger charge is 2.11. The molecule has 0 nitrogen and oxygen atoms in total. The fourth-order valence-corrected chi connectivity index (χ4v) is 4.60. The molecule has 0 atom stereocenters. The van der Waals surface area contributed by atoms with Gasteiger partial charge >= 0.3 is 0 Å². The van der Waals surface area contributed by atoms with Gasteiger partial charge in [0.15, 0.2) is 0 Å². The van der Waals surface area contributed by atoms with Crippen molar-refractivity contribution < 1.29 is 0 Å². The Labute approximate surface area is 158 Å². The number of hydrogen-bond acceptors (Lipinski definition) is 0. The summed E-state index contributed by atoms with van der Waals surface area (Å²) in [4.78, 5) is 0. The van der Waals surface area contributed by atoms with E-state index in [2.05, 4.69) is 97.1 Å². The zero-order valence-corrected chi connectivity index (χ0v) is 14.9. The van der Waals surface area contributed by atoms with E-state index in [0.717, 1.165) is 6.42 Å². The van der Waals surface area contributed by atoms with Gasteiger partial charge in [-0.2, -0.15) is 0 Å². The van der Waals surface area contributed by atoms with Crippen molar-refractivity contribution >= 4 is 43.1 Å². The van der Waals surface area contributed by atoms with Gasteiger partial charge in [0, 0.05) is 0 Å². The van der Waals surface area contributed by atoms with Crippen LogP contribution in [-0.4, -0.2) is 0 Å². The molecule has 0 aliphatic heterocycles. The molecule has 0 spiro atoms. The molecular formula is C27H18. The molecule has 0 N–H and O–H groups in total. The Bertz CT molecular complexity index is 1420. The Morgan fingerprint density at radius 3 is 1.85 bits per heavy atom. The molecule has 0 heterocycles. The van der Waals surface area contributed by atoms with Crippen LogP contribution < -0.4 is 0 Å². The Morgan fingerprint density at radius 1 is 0.370 bits per heavy atom. The molecule has 0 saturated carbocycles. The second-order valence-corrected chi connectivity index (χ2v) is 7.40. The second-order valence-electron chi connectivity index (χ2n) is 7.40. The zero-order valence-electron chi connectivity index (χ0n) is 14.9. The van der Waals surface area contributed by atoms with E-state index in [1.807, 2.05) is 0 Å².